The number of hydrogen-bond acceptors (Lipinski definition) is 5. The smallest absolute Gasteiger partial charge is 0.224 e. The fourth-order valence-electron chi connectivity index (χ4n) is 1.83. The maximum atomic E-state index is 6.24. The Morgan fingerprint density at radius 3 is 2.95 bits per heavy atom. The lowest BCUT2D eigenvalue weighted by Gasteiger charge is -2.26. The van der Waals surface area contributed by atoms with E-state index in [9.17, 15) is 0 Å². The van der Waals surface area contributed by atoms with Crippen LogP contribution in [0.5, 0.6) is 0 Å². The Labute approximate surface area is 128 Å². The molecule has 2 aromatic rings. The third-order valence-corrected chi connectivity index (χ3v) is 4.44. The highest BCUT2D eigenvalue weighted by molar-refractivity contribution is 7.10. The highest BCUT2D eigenvalue weighted by Crippen LogP contribution is 2.31. The minimum absolute atomic E-state index is 0.224. The molecule has 0 saturated heterocycles. The van der Waals surface area contributed by atoms with Crippen molar-refractivity contribution in [1.29, 1.82) is 0 Å². The van der Waals surface area contributed by atoms with E-state index in [4.69, 9.17) is 11.6 Å². The van der Waals surface area contributed by atoms with Crippen molar-refractivity contribution < 1.29 is 0 Å². The van der Waals surface area contributed by atoms with Crippen molar-refractivity contribution in [2.75, 3.05) is 23.8 Å². The number of aromatic nitrogens is 2. The molecule has 0 radical (unpaired) electrons. The van der Waals surface area contributed by atoms with Crippen LogP contribution in [0.3, 0.4) is 0 Å². The van der Waals surface area contributed by atoms with Gasteiger partial charge in [0.25, 0.3) is 0 Å². The highest BCUT2D eigenvalue weighted by atomic mass is 35.5. The molecule has 0 aliphatic carbocycles. The number of hydrogen-bond donors (Lipinski definition) is 1. The minimum atomic E-state index is 0.224. The van der Waals surface area contributed by atoms with Crippen LogP contribution in [0.1, 0.15) is 31.2 Å². The van der Waals surface area contributed by atoms with E-state index in [0.717, 1.165) is 18.8 Å². The summed E-state index contributed by atoms with van der Waals surface area (Å²) in [6, 6.07) is 4.40. The summed E-state index contributed by atoms with van der Waals surface area (Å²) in [5, 5.41) is 5.83. The van der Waals surface area contributed by atoms with Crippen LogP contribution in [0, 0.1) is 0 Å². The Morgan fingerprint density at radius 1 is 1.50 bits per heavy atom. The van der Waals surface area contributed by atoms with Crippen LogP contribution in [-0.4, -0.2) is 23.6 Å². The van der Waals surface area contributed by atoms with Crippen molar-refractivity contribution in [3.63, 3.8) is 0 Å². The summed E-state index contributed by atoms with van der Waals surface area (Å²) < 4.78 is 0. The standard InChI is InChI=1S/C14H19ClN4S/c1-4-7-16-14-17-9-11(15)13(18-14)19(3)10(2)12-6-5-8-20-12/h5-6,8-10H,4,7H2,1-3H3,(H,16,17,18). The molecule has 1 atom stereocenters. The van der Waals surface area contributed by atoms with Gasteiger partial charge < -0.3 is 10.2 Å². The van der Waals surface area contributed by atoms with E-state index in [-0.39, 0.29) is 6.04 Å². The molecule has 1 N–H and O–H groups in total. The lowest BCUT2D eigenvalue weighted by molar-refractivity contribution is 0.740. The predicted octanol–water partition coefficient (Wildman–Crippen LogP) is 4.21. The Morgan fingerprint density at radius 2 is 2.30 bits per heavy atom. The van der Waals surface area contributed by atoms with E-state index in [1.54, 1.807) is 17.5 Å². The molecule has 2 heterocycles. The van der Waals surface area contributed by atoms with Crippen LogP contribution >= 0.6 is 22.9 Å². The van der Waals surface area contributed by atoms with Gasteiger partial charge in [-0.05, 0) is 24.8 Å². The van der Waals surface area contributed by atoms with Crippen molar-refractivity contribution in [2.45, 2.75) is 26.3 Å². The second-order valence-corrected chi connectivity index (χ2v) is 5.98. The summed E-state index contributed by atoms with van der Waals surface area (Å²) in [7, 11) is 2.00. The van der Waals surface area contributed by atoms with Crippen LogP contribution in [-0.2, 0) is 0 Å². The van der Waals surface area contributed by atoms with E-state index in [1.807, 2.05) is 7.05 Å². The zero-order chi connectivity index (χ0) is 14.5. The number of thiophene rings is 1. The molecule has 0 fully saturated rings. The van der Waals surface area contributed by atoms with Crippen LogP contribution in [0.25, 0.3) is 0 Å². The van der Waals surface area contributed by atoms with E-state index in [0.29, 0.717) is 11.0 Å². The molecule has 0 aromatic carbocycles. The number of halogens is 1. The minimum Gasteiger partial charge on any atom is -0.354 e. The SMILES string of the molecule is CCCNc1ncc(Cl)c(N(C)C(C)c2cccs2)n1. The summed E-state index contributed by atoms with van der Waals surface area (Å²) in [4.78, 5) is 12.1. The van der Waals surface area contributed by atoms with E-state index >= 15 is 0 Å². The van der Waals surface area contributed by atoms with E-state index in [1.165, 1.54) is 4.88 Å². The third-order valence-electron chi connectivity index (χ3n) is 3.13. The number of anilines is 2. The van der Waals surface area contributed by atoms with Gasteiger partial charge in [-0.2, -0.15) is 4.98 Å². The molecular weight excluding hydrogens is 292 g/mol. The molecule has 2 rings (SSSR count). The van der Waals surface area contributed by atoms with Gasteiger partial charge in [0, 0.05) is 18.5 Å². The van der Waals surface area contributed by atoms with Gasteiger partial charge in [-0.1, -0.05) is 24.6 Å². The molecule has 0 spiro atoms. The van der Waals surface area contributed by atoms with Gasteiger partial charge in [0.2, 0.25) is 5.95 Å². The average molecular weight is 311 g/mol. The Bertz CT molecular complexity index is 544. The van der Waals surface area contributed by atoms with Crippen LogP contribution in [0.2, 0.25) is 5.02 Å². The first-order chi connectivity index (χ1) is 9.63. The lowest BCUT2D eigenvalue weighted by atomic mass is 10.2. The lowest BCUT2D eigenvalue weighted by Crippen LogP contribution is -2.23. The van der Waals surface area contributed by atoms with Gasteiger partial charge >= 0.3 is 0 Å². The maximum Gasteiger partial charge on any atom is 0.224 e. The molecule has 1 unspecified atom stereocenters. The Balaban J connectivity index is 2.21. The van der Waals surface area contributed by atoms with Gasteiger partial charge in [-0.15, -0.1) is 11.3 Å². The third kappa shape index (κ3) is 3.41. The summed E-state index contributed by atoms with van der Waals surface area (Å²) >= 11 is 7.97. The zero-order valence-electron chi connectivity index (χ0n) is 11.9. The van der Waals surface area contributed by atoms with Gasteiger partial charge in [-0.3, -0.25) is 0 Å². The molecule has 4 nitrogen and oxygen atoms in total. The molecule has 0 saturated carbocycles. The van der Waals surface area contributed by atoms with Crippen molar-refractivity contribution in [2.24, 2.45) is 0 Å². The van der Waals surface area contributed by atoms with Crippen LogP contribution in [0.4, 0.5) is 11.8 Å². The summed E-state index contributed by atoms with van der Waals surface area (Å²) in [5.74, 6) is 1.37. The first kappa shape index (κ1) is 15.1. The molecule has 108 valence electrons. The zero-order valence-corrected chi connectivity index (χ0v) is 13.5. The van der Waals surface area contributed by atoms with Crippen molar-refractivity contribution in [3.8, 4) is 0 Å². The Hall–Kier alpha value is -1.33. The maximum absolute atomic E-state index is 6.24. The van der Waals surface area contributed by atoms with E-state index in [2.05, 4.69) is 51.5 Å². The van der Waals surface area contributed by atoms with Crippen molar-refractivity contribution in [3.05, 3.63) is 33.6 Å². The fourth-order valence-corrected chi connectivity index (χ4v) is 2.88. The topological polar surface area (TPSA) is 41.1 Å². The predicted molar refractivity (Wildman–Crippen MR) is 87.0 cm³/mol. The average Bonchev–Trinajstić information content (AvgIpc) is 2.99. The van der Waals surface area contributed by atoms with E-state index < -0.39 is 0 Å². The largest absolute Gasteiger partial charge is 0.354 e. The summed E-state index contributed by atoms with van der Waals surface area (Å²) in [5.41, 5.74) is 0. The highest BCUT2D eigenvalue weighted by Gasteiger charge is 2.17. The number of rotatable bonds is 6. The fraction of sp³-hybridized carbons (Fsp3) is 0.429. The number of nitrogens with one attached hydrogen (secondary N) is 1. The molecule has 6 heteroatoms. The molecule has 0 amide bonds. The molecule has 0 bridgehead atoms. The first-order valence-corrected chi connectivity index (χ1v) is 7.92. The summed E-state index contributed by atoms with van der Waals surface area (Å²) in [6.45, 7) is 5.10. The monoisotopic (exact) mass is 310 g/mol. The van der Waals surface area contributed by atoms with Crippen molar-refractivity contribution >= 4 is 34.7 Å². The Kier molecular flexibility index (Phi) is 5.20. The van der Waals surface area contributed by atoms with Crippen molar-refractivity contribution in [1.82, 2.24) is 9.97 Å². The molecule has 2 aromatic heterocycles. The second kappa shape index (κ2) is 6.90. The van der Waals surface area contributed by atoms with Gasteiger partial charge in [0.15, 0.2) is 5.82 Å². The van der Waals surface area contributed by atoms with Gasteiger partial charge in [0.1, 0.15) is 5.02 Å². The number of nitrogens with zero attached hydrogens (tertiary/aromatic N) is 3. The molecular formula is C14H19ClN4S. The molecule has 20 heavy (non-hydrogen) atoms. The van der Waals surface area contributed by atoms with Crippen LogP contribution in [0.15, 0.2) is 23.7 Å². The normalized spacial score (nSPS) is 12.2. The van der Waals surface area contributed by atoms with Gasteiger partial charge in [-0.25, -0.2) is 4.98 Å². The molecule has 0 aliphatic heterocycles. The second-order valence-electron chi connectivity index (χ2n) is 4.59. The summed E-state index contributed by atoms with van der Waals surface area (Å²) in [6.07, 6.45) is 2.68. The molecule has 0 aliphatic rings. The first-order valence-electron chi connectivity index (χ1n) is 6.66. The van der Waals surface area contributed by atoms with Crippen LogP contribution < -0.4 is 10.2 Å². The van der Waals surface area contributed by atoms with Gasteiger partial charge in [0.05, 0.1) is 12.2 Å². The quantitative estimate of drug-likeness (QED) is 0.867.